The molecule has 0 spiro atoms. The first-order valence-corrected chi connectivity index (χ1v) is 9.17. The molecule has 3 rings (SSSR count). The summed E-state index contributed by atoms with van der Waals surface area (Å²) in [7, 11) is -3.38. The third-order valence-electron chi connectivity index (χ3n) is 4.61. The van der Waals surface area contributed by atoms with Crippen LogP contribution in [0.3, 0.4) is 0 Å². The van der Waals surface area contributed by atoms with Gasteiger partial charge in [-0.3, -0.25) is 4.90 Å². The van der Waals surface area contributed by atoms with Gasteiger partial charge in [0, 0.05) is 37.6 Å². The van der Waals surface area contributed by atoms with Crippen molar-refractivity contribution in [3.8, 4) is 0 Å². The van der Waals surface area contributed by atoms with Crippen molar-refractivity contribution in [3.05, 3.63) is 18.0 Å². The van der Waals surface area contributed by atoms with E-state index in [1.165, 1.54) is 19.3 Å². The van der Waals surface area contributed by atoms with Gasteiger partial charge in [-0.1, -0.05) is 6.42 Å². The number of nitrogens with two attached hydrogens (primary N) is 1. The lowest BCUT2D eigenvalue weighted by atomic mass is 10.1. The summed E-state index contributed by atoms with van der Waals surface area (Å²) in [4.78, 5) is 5.71. The first kappa shape index (κ1) is 15.0. The van der Waals surface area contributed by atoms with Crippen molar-refractivity contribution in [3.63, 3.8) is 0 Å². The number of hydrogen-bond donors (Lipinski definition) is 2. The SMILES string of the molecule is NCc1cc(S(=O)(=O)N2CCC(N3CCCCC3)C2)c[nH]1. The Morgan fingerprint density at radius 3 is 2.67 bits per heavy atom. The lowest BCUT2D eigenvalue weighted by Crippen LogP contribution is -2.41. The number of H-pyrrole nitrogens is 1. The molecule has 0 bridgehead atoms. The van der Waals surface area contributed by atoms with Crippen molar-refractivity contribution in [2.75, 3.05) is 26.2 Å². The van der Waals surface area contributed by atoms with Crippen molar-refractivity contribution < 1.29 is 8.42 Å². The molecular weight excluding hydrogens is 288 g/mol. The fraction of sp³-hybridized carbons (Fsp3) is 0.714. The normalized spacial score (nSPS) is 25.5. The third-order valence-corrected chi connectivity index (χ3v) is 6.45. The zero-order valence-corrected chi connectivity index (χ0v) is 13.1. The number of hydrogen-bond acceptors (Lipinski definition) is 4. The zero-order chi connectivity index (χ0) is 14.9. The molecule has 3 heterocycles. The minimum absolute atomic E-state index is 0.325. The number of aromatic nitrogens is 1. The Bertz CT molecular complexity index is 578. The van der Waals surface area contributed by atoms with Crippen molar-refractivity contribution >= 4 is 10.0 Å². The highest BCUT2D eigenvalue weighted by Crippen LogP contribution is 2.25. The average Bonchev–Trinajstić information content (AvgIpc) is 3.18. The molecule has 7 heteroatoms. The van der Waals surface area contributed by atoms with Crippen molar-refractivity contribution in [1.29, 1.82) is 0 Å². The highest BCUT2D eigenvalue weighted by molar-refractivity contribution is 7.89. The number of rotatable bonds is 4. The largest absolute Gasteiger partial charge is 0.363 e. The minimum Gasteiger partial charge on any atom is -0.363 e. The van der Waals surface area contributed by atoms with E-state index in [1.54, 1.807) is 16.6 Å². The highest BCUT2D eigenvalue weighted by Gasteiger charge is 2.35. The van der Waals surface area contributed by atoms with Gasteiger partial charge in [0.1, 0.15) is 0 Å². The second-order valence-corrected chi connectivity index (χ2v) is 7.90. The van der Waals surface area contributed by atoms with Crippen molar-refractivity contribution in [1.82, 2.24) is 14.2 Å². The van der Waals surface area contributed by atoms with Crippen LogP contribution in [0.15, 0.2) is 17.2 Å². The van der Waals surface area contributed by atoms with Gasteiger partial charge in [0.15, 0.2) is 0 Å². The Balaban J connectivity index is 1.69. The summed E-state index contributed by atoms with van der Waals surface area (Å²) in [5.41, 5.74) is 6.28. The summed E-state index contributed by atoms with van der Waals surface area (Å²) in [6.07, 6.45) is 6.26. The van der Waals surface area contributed by atoms with E-state index in [-0.39, 0.29) is 0 Å². The summed E-state index contributed by atoms with van der Waals surface area (Å²) in [6, 6.07) is 2.02. The Hall–Kier alpha value is -0.890. The van der Waals surface area contributed by atoms with E-state index in [9.17, 15) is 8.42 Å². The maximum Gasteiger partial charge on any atom is 0.244 e. The third kappa shape index (κ3) is 3.01. The summed E-state index contributed by atoms with van der Waals surface area (Å²) in [5.74, 6) is 0. The highest BCUT2D eigenvalue weighted by atomic mass is 32.2. The summed E-state index contributed by atoms with van der Waals surface area (Å²) in [5, 5.41) is 0. The molecule has 0 saturated carbocycles. The van der Waals surface area contributed by atoms with E-state index in [0.29, 0.717) is 30.6 Å². The lowest BCUT2D eigenvalue weighted by Gasteiger charge is -2.32. The molecule has 21 heavy (non-hydrogen) atoms. The van der Waals surface area contributed by atoms with E-state index in [1.807, 2.05) is 0 Å². The molecule has 6 nitrogen and oxygen atoms in total. The summed E-state index contributed by atoms with van der Waals surface area (Å²) in [6.45, 7) is 3.78. The molecule has 2 fully saturated rings. The van der Waals surface area contributed by atoms with E-state index >= 15 is 0 Å². The Labute approximate surface area is 126 Å². The van der Waals surface area contributed by atoms with Crippen LogP contribution in [0.1, 0.15) is 31.4 Å². The number of nitrogens with one attached hydrogen (secondary N) is 1. The Morgan fingerprint density at radius 1 is 1.24 bits per heavy atom. The summed E-state index contributed by atoms with van der Waals surface area (Å²) < 4.78 is 26.9. The van der Waals surface area contributed by atoms with E-state index in [0.717, 1.165) is 25.2 Å². The molecule has 1 aromatic rings. The van der Waals surface area contributed by atoms with Gasteiger partial charge in [-0.2, -0.15) is 4.31 Å². The summed E-state index contributed by atoms with van der Waals surface area (Å²) >= 11 is 0. The molecule has 0 aromatic carbocycles. The number of piperidine rings is 1. The maximum absolute atomic E-state index is 12.6. The standard InChI is InChI=1S/C14H24N4O2S/c15-9-12-8-14(10-16-12)21(19,20)18-7-4-13(11-18)17-5-2-1-3-6-17/h8,10,13,16H,1-7,9,11,15H2. The van der Waals surface area contributed by atoms with Gasteiger partial charge in [0.2, 0.25) is 10.0 Å². The van der Waals surface area contributed by atoms with Gasteiger partial charge in [-0.25, -0.2) is 8.42 Å². The van der Waals surface area contributed by atoms with Crippen LogP contribution >= 0.6 is 0 Å². The molecule has 0 amide bonds. The van der Waals surface area contributed by atoms with Gasteiger partial charge in [-0.05, 0) is 38.4 Å². The van der Waals surface area contributed by atoms with Crippen LogP contribution < -0.4 is 5.73 Å². The number of likely N-dealkylation sites (tertiary alicyclic amines) is 1. The molecule has 2 aliphatic rings. The van der Waals surface area contributed by atoms with Gasteiger partial charge in [-0.15, -0.1) is 0 Å². The van der Waals surface area contributed by atoms with Crippen LogP contribution in [0, 0.1) is 0 Å². The fourth-order valence-corrected chi connectivity index (χ4v) is 4.86. The minimum atomic E-state index is -3.38. The maximum atomic E-state index is 12.6. The Kier molecular flexibility index (Phi) is 4.35. The molecule has 118 valence electrons. The zero-order valence-electron chi connectivity index (χ0n) is 12.3. The van der Waals surface area contributed by atoms with Crippen LogP contribution in [0.5, 0.6) is 0 Å². The molecule has 3 N–H and O–H groups in total. The smallest absolute Gasteiger partial charge is 0.244 e. The van der Waals surface area contributed by atoms with Crippen LogP contribution in [0.2, 0.25) is 0 Å². The monoisotopic (exact) mass is 312 g/mol. The second kappa shape index (κ2) is 6.08. The number of aromatic amines is 1. The molecular formula is C14H24N4O2S. The van der Waals surface area contributed by atoms with Gasteiger partial charge in [0.05, 0.1) is 4.90 Å². The first-order chi connectivity index (χ1) is 10.1. The topological polar surface area (TPSA) is 82.4 Å². The lowest BCUT2D eigenvalue weighted by molar-refractivity contribution is 0.169. The molecule has 2 saturated heterocycles. The van der Waals surface area contributed by atoms with Crippen LogP contribution in [-0.2, 0) is 16.6 Å². The molecule has 2 aliphatic heterocycles. The van der Waals surface area contributed by atoms with E-state index < -0.39 is 10.0 Å². The fourth-order valence-electron chi connectivity index (χ4n) is 3.35. The van der Waals surface area contributed by atoms with Crippen LogP contribution in [0.4, 0.5) is 0 Å². The van der Waals surface area contributed by atoms with Gasteiger partial charge >= 0.3 is 0 Å². The molecule has 0 aliphatic carbocycles. The predicted octanol–water partition coefficient (Wildman–Crippen LogP) is 0.722. The van der Waals surface area contributed by atoms with Crippen LogP contribution in [0.25, 0.3) is 0 Å². The number of nitrogens with zero attached hydrogens (tertiary/aromatic N) is 2. The average molecular weight is 312 g/mol. The number of sulfonamides is 1. The van der Waals surface area contributed by atoms with E-state index in [2.05, 4.69) is 9.88 Å². The molecule has 0 radical (unpaired) electrons. The van der Waals surface area contributed by atoms with Crippen molar-refractivity contribution in [2.24, 2.45) is 5.73 Å². The van der Waals surface area contributed by atoms with Crippen LogP contribution in [-0.4, -0.2) is 54.8 Å². The second-order valence-electron chi connectivity index (χ2n) is 5.97. The van der Waals surface area contributed by atoms with Gasteiger partial charge < -0.3 is 10.7 Å². The quantitative estimate of drug-likeness (QED) is 0.858. The Morgan fingerprint density at radius 2 is 2.00 bits per heavy atom. The van der Waals surface area contributed by atoms with E-state index in [4.69, 9.17) is 5.73 Å². The molecule has 1 aromatic heterocycles. The molecule has 1 atom stereocenters. The first-order valence-electron chi connectivity index (χ1n) is 7.73. The van der Waals surface area contributed by atoms with Crippen molar-refractivity contribution in [2.45, 2.75) is 43.2 Å². The van der Waals surface area contributed by atoms with Gasteiger partial charge in [0.25, 0.3) is 0 Å². The molecule has 1 unspecified atom stereocenters. The predicted molar refractivity (Wildman–Crippen MR) is 81.3 cm³/mol.